The second-order valence-corrected chi connectivity index (χ2v) is 5.00. The number of benzene rings is 2. The monoisotopic (exact) mass is 286 g/mol. The summed E-state index contributed by atoms with van der Waals surface area (Å²) >= 11 is 0. The van der Waals surface area contributed by atoms with Crippen LogP contribution in [0.25, 0.3) is 0 Å². The van der Waals surface area contributed by atoms with Crippen LogP contribution in [0.15, 0.2) is 42.5 Å². The van der Waals surface area contributed by atoms with Gasteiger partial charge in [0, 0.05) is 12.0 Å². The summed E-state index contributed by atoms with van der Waals surface area (Å²) in [6, 6.07) is 11.7. The topological polar surface area (TPSA) is 64.4 Å². The standard InChI is InChI=1S/C16H15FN2O2/c17-13-6-5-11(8-14(13)18)16(20)19-9-12-7-10-3-1-2-4-15(10)21-12/h1-6,8,12H,7,9,18H2,(H,19,20). The highest BCUT2D eigenvalue weighted by Gasteiger charge is 2.22. The summed E-state index contributed by atoms with van der Waals surface area (Å²) in [5.41, 5.74) is 6.90. The van der Waals surface area contributed by atoms with E-state index in [9.17, 15) is 9.18 Å². The first-order valence-corrected chi connectivity index (χ1v) is 6.71. The van der Waals surface area contributed by atoms with E-state index in [4.69, 9.17) is 10.5 Å². The molecule has 4 nitrogen and oxygen atoms in total. The molecule has 1 heterocycles. The van der Waals surface area contributed by atoms with E-state index in [0.29, 0.717) is 12.1 Å². The van der Waals surface area contributed by atoms with E-state index in [1.165, 1.54) is 18.2 Å². The van der Waals surface area contributed by atoms with Crippen LogP contribution in [0.2, 0.25) is 0 Å². The van der Waals surface area contributed by atoms with Crippen molar-refractivity contribution >= 4 is 11.6 Å². The molecule has 21 heavy (non-hydrogen) atoms. The number of ether oxygens (including phenoxy) is 1. The fraction of sp³-hybridized carbons (Fsp3) is 0.188. The van der Waals surface area contributed by atoms with E-state index in [1.54, 1.807) is 0 Å². The number of nitrogens with one attached hydrogen (secondary N) is 1. The van der Waals surface area contributed by atoms with Gasteiger partial charge in [-0.15, -0.1) is 0 Å². The van der Waals surface area contributed by atoms with Gasteiger partial charge in [-0.05, 0) is 29.8 Å². The van der Waals surface area contributed by atoms with Gasteiger partial charge in [0.15, 0.2) is 0 Å². The number of amides is 1. The number of hydrogen-bond donors (Lipinski definition) is 2. The molecule has 0 saturated heterocycles. The third-order valence-electron chi connectivity index (χ3n) is 3.46. The SMILES string of the molecule is Nc1cc(C(=O)NCC2Cc3ccccc3O2)ccc1F. The minimum Gasteiger partial charge on any atom is -0.488 e. The van der Waals surface area contributed by atoms with Crippen molar-refractivity contribution in [3.63, 3.8) is 0 Å². The van der Waals surface area contributed by atoms with Crippen molar-refractivity contribution in [3.8, 4) is 5.75 Å². The van der Waals surface area contributed by atoms with Gasteiger partial charge in [0.05, 0.1) is 12.2 Å². The normalized spacial score (nSPS) is 16.1. The van der Waals surface area contributed by atoms with Crippen LogP contribution in [0.1, 0.15) is 15.9 Å². The molecular weight excluding hydrogens is 271 g/mol. The fourth-order valence-corrected chi connectivity index (χ4v) is 2.36. The van der Waals surface area contributed by atoms with E-state index in [0.717, 1.165) is 17.7 Å². The molecule has 3 rings (SSSR count). The van der Waals surface area contributed by atoms with E-state index in [1.807, 2.05) is 24.3 Å². The molecule has 0 spiro atoms. The third kappa shape index (κ3) is 2.81. The van der Waals surface area contributed by atoms with Crippen LogP contribution in [-0.4, -0.2) is 18.6 Å². The van der Waals surface area contributed by atoms with Crippen LogP contribution < -0.4 is 15.8 Å². The Hall–Kier alpha value is -2.56. The van der Waals surface area contributed by atoms with Crippen molar-refractivity contribution in [2.45, 2.75) is 12.5 Å². The van der Waals surface area contributed by atoms with Crippen molar-refractivity contribution in [2.75, 3.05) is 12.3 Å². The Morgan fingerprint density at radius 1 is 1.33 bits per heavy atom. The molecule has 1 aliphatic rings. The van der Waals surface area contributed by atoms with Gasteiger partial charge in [0.1, 0.15) is 17.7 Å². The Morgan fingerprint density at radius 2 is 2.14 bits per heavy atom. The summed E-state index contributed by atoms with van der Waals surface area (Å²) in [6.07, 6.45) is 0.686. The maximum atomic E-state index is 13.1. The smallest absolute Gasteiger partial charge is 0.251 e. The Balaban J connectivity index is 1.59. The van der Waals surface area contributed by atoms with Gasteiger partial charge in [-0.25, -0.2) is 4.39 Å². The number of hydrogen-bond acceptors (Lipinski definition) is 3. The number of rotatable bonds is 3. The molecule has 0 aliphatic carbocycles. The highest BCUT2D eigenvalue weighted by Crippen LogP contribution is 2.27. The zero-order valence-corrected chi connectivity index (χ0v) is 11.3. The van der Waals surface area contributed by atoms with Crippen LogP contribution in [0.5, 0.6) is 5.75 Å². The summed E-state index contributed by atoms with van der Waals surface area (Å²) in [4.78, 5) is 12.0. The summed E-state index contributed by atoms with van der Waals surface area (Å²) in [5.74, 6) is 0.0464. The van der Waals surface area contributed by atoms with Crippen LogP contribution in [0.4, 0.5) is 10.1 Å². The molecule has 0 saturated carbocycles. The Kier molecular flexibility index (Phi) is 3.48. The number of nitrogens with two attached hydrogens (primary N) is 1. The zero-order chi connectivity index (χ0) is 14.8. The maximum Gasteiger partial charge on any atom is 0.251 e. The van der Waals surface area contributed by atoms with Gasteiger partial charge >= 0.3 is 0 Å². The number of carbonyl (C=O) groups excluding carboxylic acids is 1. The van der Waals surface area contributed by atoms with Crippen molar-refractivity contribution in [1.29, 1.82) is 0 Å². The van der Waals surface area contributed by atoms with Crippen LogP contribution in [0.3, 0.4) is 0 Å². The Labute approximate surface area is 121 Å². The summed E-state index contributed by atoms with van der Waals surface area (Å²) < 4.78 is 18.8. The second kappa shape index (κ2) is 5.44. The Morgan fingerprint density at radius 3 is 2.90 bits per heavy atom. The highest BCUT2D eigenvalue weighted by molar-refractivity contribution is 5.95. The van der Waals surface area contributed by atoms with Crippen molar-refractivity contribution < 1.29 is 13.9 Å². The molecular formula is C16H15FN2O2. The number of fused-ring (bicyclic) bond motifs is 1. The molecule has 3 N–H and O–H groups in total. The number of halogens is 1. The van der Waals surface area contributed by atoms with Gasteiger partial charge in [0.2, 0.25) is 0 Å². The molecule has 2 aromatic rings. The number of para-hydroxylation sites is 1. The minimum absolute atomic E-state index is 0.0350. The lowest BCUT2D eigenvalue weighted by molar-refractivity contribution is 0.0933. The lowest BCUT2D eigenvalue weighted by Gasteiger charge is -2.12. The van der Waals surface area contributed by atoms with E-state index < -0.39 is 5.82 Å². The van der Waals surface area contributed by atoms with Crippen molar-refractivity contribution in [1.82, 2.24) is 5.32 Å². The molecule has 5 heteroatoms. The minimum atomic E-state index is -0.527. The predicted molar refractivity (Wildman–Crippen MR) is 77.7 cm³/mol. The molecule has 1 aliphatic heterocycles. The predicted octanol–water partition coefficient (Wildman–Crippen LogP) is 2.14. The van der Waals surface area contributed by atoms with Crippen LogP contribution in [0, 0.1) is 5.82 Å². The molecule has 108 valence electrons. The molecule has 1 unspecified atom stereocenters. The second-order valence-electron chi connectivity index (χ2n) is 5.00. The third-order valence-corrected chi connectivity index (χ3v) is 3.46. The summed E-state index contributed by atoms with van der Waals surface area (Å²) in [6.45, 7) is 0.394. The van der Waals surface area contributed by atoms with Gasteiger partial charge in [0.25, 0.3) is 5.91 Å². The molecule has 1 atom stereocenters. The average Bonchev–Trinajstić information content (AvgIpc) is 2.90. The zero-order valence-electron chi connectivity index (χ0n) is 11.3. The summed E-state index contributed by atoms with van der Waals surface area (Å²) in [7, 11) is 0. The van der Waals surface area contributed by atoms with Crippen molar-refractivity contribution in [2.24, 2.45) is 0 Å². The quantitative estimate of drug-likeness (QED) is 0.850. The van der Waals surface area contributed by atoms with Gasteiger partial charge in [-0.2, -0.15) is 0 Å². The first-order valence-electron chi connectivity index (χ1n) is 6.71. The lowest BCUT2D eigenvalue weighted by Crippen LogP contribution is -2.34. The number of nitrogen functional groups attached to an aromatic ring is 1. The van der Waals surface area contributed by atoms with E-state index in [-0.39, 0.29) is 17.7 Å². The maximum absolute atomic E-state index is 13.1. The molecule has 0 bridgehead atoms. The molecule has 1 amide bonds. The molecule has 0 aromatic heterocycles. The molecule has 0 fully saturated rings. The van der Waals surface area contributed by atoms with Crippen LogP contribution >= 0.6 is 0 Å². The number of anilines is 1. The fourth-order valence-electron chi connectivity index (χ4n) is 2.36. The van der Waals surface area contributed by atoms with Gasteiger partial charge in [-0.1, -0.05) is 18.2 Å². The van der Waals surface area contributed by atoms with Gasteiger partial charge in [-0.3, -0.25) is 4.79 Å². The summed E-state index contributed by atoms with van der Waals surface area (Å²) in [5, 5.41) is 2.78. The first-order chi connectivity index (χ1) is 10.1. The first kappa shape index (κ1) is 13.4. The van der Waals surface area contributed by atoms with Crippen LogP contribution in [-0.2, 0) is 6.42 Å². The highest BCUT2D eigenvalue weighted by atomic mass is 19.1. The number of carbonyl (C=O) groups is 1. The molecule has 2 aromatic carbocycles. The lowest BCUT2D eigenvalue weighted by atomic mass is 10.1. The average molecular weight is 286 g/mol. The Bertz CT molecular complexity index is 663. The molecule has 0 radical (unpaired) electrons. The van der Waals surface area contributed by atoms with Crippen molar-refractivity contribution in [3.05, 3.63) is 59.4 Å². The van der Waals surface area contributed by atoms with E-state index >= 15 is 0 Å². The van der Waals surface area contributed by atoms with E-state index in [2.05, 4.69) is 5.32 Å². The van der Waals surface area contributed by atoms with Gasteiger partial charge < -0.3 is 15.8 Å². The largest absolute Gasteiger partial charge is 0.488 e.